The van der Waals surface area contributed by atoms with Crippen LogP contribution in [0.25, 0.3) is 0 Å². The van der Waals surface area contributed by atoms with Crippen molar-refractivity contribution in [3.8, 4) is 0 Å². The lowest BCUT2D eigenvalue weighted by Crippen LogP contribution is -2.47. The molecule has 0 aliphatic carbocycles. The van der Waals surface area contributed by atoms with E-state index >= 15 is 0 Å². The van der Waals surface area contributed by atoms with E-state index < -0.39 is 0 Å². The van der Waals surface area contributed by atoms with Gasteiger partial charge in [-0.2, -0.15) is 0 Å². The highest BCUT2D eigenvalue weighted by molar-refractivity contribution is 5.78. The molecule has 1 fully saturated rings. The minimum absolute atomic E-state index is 0.177. The third-order valence-corrected chi connectivity index (χ3v) is 5.78. The topological polar surface area (TPSA) is 35.6 Å². The van der Waals surface area contributed by atoms with Crippen LogP contribution in [-0.2, 0) is 24.3 Å². The van der Waals surface area contributed by atoms with Gasteiger partial charge in [0.05, 0.1) is 6.54 Å². The summed E-state index contributed by atoms with van der Waals surface area (Å²) < 4.78 is 0. The molecule has 0 saturated carbocycles. The molecule has 27 heavy (non-hydrogen) atoms. The monoisotopic (exact) mass is 363 g/mol. The quantitative estimate of drug-likeness (QED) is 0.887. The van der Waals surface area contributed by atoms with Crippen LogP contribution in [0.4, 0.5) is 0 Å². The maximum absolute atomic E-state index is 12.5. The van der Waals surface area contributed by atoms with Gasteiger partial charge in [0.2, 0.25) is 5.91 Å². The van der Waals surface area contributed by atoms with Gasteiger partial charge in [0.1, 0.15) is 0 Å². The minimum Gasteiger partial charge on any atom is -0.352 e. The molecule has 2 aromatic rings. The Bertz CT molecular complexity index is 753. The van der Waals surface area contributed by atoms with Crippen LogP contribution in [0, 0.1) is 0 Å². The summed E-state index contributed by atoms with van der Waals surface area (Å²) in [5.74, 6) is 0.177. The predicted octanol–water partition coefficient (Wildman–Crippen LogP) is 2.83. The molecule has 0 aromatic heterocycles. The SMILES string of the molecule is O=C(CN1CCc2ccccc2C1)NC1CCN(Cc2ccccc2)CC1. The van der Waals surface area contributed by atoms with Gasteiger partial charge in [-0.05, 0) is 36.0 Å². The maximum atomic E-state index is 12.5. The number of benzene rings is 2. The first-order valence-electron chi connectivity index (χ1n) is 10.1. The standard InChI is InChI=1S/C23H29N3O/c27-23(18-26-13-10-20-8-4-5-9-21(20)17-26)24-22-11-14-25(15-12-22)16-19-6-2-1-3-7-19/h1-9,22H,10-18H2,(H,24,27). The van der Waals surface area contributed by atoms with Crippen LogP contribution < -0.4 is 5.32 Å². The Balaban J connectivity index is 1.20. The molecular weight excluding hydrogens is 334 g/mol. The summed E-state index contributed by atoms with van der Waals surface area (Å²) in [5.41, 5.74) is 4.16. The van der Waals surface area contributed by atoms with Crippen molar-refractivity contribution in [3.63, 3.8) is 0 Å². The fourth-order valence-electron chi connectivity index (χ4n) is 4.24. The third-order valence-electron chi connectivity index (χ3n) is 5.78. The summed E-state index contributed by atoms with van der Waals surface area (Å²) in [6.45, 7) is 5.49. The molecule has 1 N–H and O–H groups in total. The van der Waals surface area contributed by atoms with E-state index in [1.165, 1.54) is 16.7 Å². The lowest BCUT2D eigenvalue weighted by Gasteiger charge is -2.33. The van der Waals surface area contributed by atoms with E-state index in [0.717, 1.165) is 52.0 Å². The van der Waals surface area contributed by atoms with Crippen molar-refractivity contribution < 1.29 is 4.79 Å². The van der Waals surface area contributed by atoms with Crippen LogP contribution in [0.3, 0.4) is 0 Å². The molecule has 1 amide bonds. The van der Waals surface area contributed by atoms with Gasteiger partial charge in [-0.1, -0.05) is 54.6 Å². The van der Waals surface area contributed by atoms with E-state index in [1.807, 2.05) is 0 Å². The normalized spacial score (nSPS) is 18.8. The number of hydrogen-bond donors (Lipinski definition) is 1. The van der Waals surface area contributed by atoms with E-state index in [9.17, 15) is 4.79 Å². The van der Waals surface area contributed by atoms with Gasteiger partial charge >= 0.3 is 0 Å². The summed E-state index contributed by atoms with van der Waals surface area (Å²) in [6, 6.07) is 19.5. The van der Waals surface area contributed by atoms with Gasteiger partial charge in [-0.3, -0.25) is 14.6 Å². The van der Waals surface area contributed by atoms with Gasteiger partial charge in [-0.25, -0.2) is 0 Å². The lowest BCUT2D eigenvalue weighted by atomic mass is 10.00. The van der Waals surface area contributed by atoms with Crippen molar-refractivity contribution in [1.82, 2.24) is 15.1 Å². The van der Waals surface area contributed by atoms with Crippen LogP contribution in [-0.4, -0.2) is 47.9 Å². The Kier molecular flexibility index (Phi) is 5.85. The summed E-state index contributed by atoms with van der Waals surface area (Å²) in [7, 11) is 0. The molecule has 142 valence electrons. The summed E-state index contributed by atoms with van der Waals surface area (Å²) in [4.78, 5) is 17.2. The third kappa shape index (κ3) is 4.96. The van der Waals surface area contributed by atoms with Crippen molar-refractivity contribution in [2.75, 3.05) is 26.2 Å². The number of carbonyl (C=O) groups is 1. The molecule has 0 radical (unpaired) electrons. The zero-order valence-electron chi connectivity index (χ0n) is 15.9. The molecule has 2 heterocycles. The predicted molar refractivity (Wildman–Crippen MR) is 108 cm³/mol. The van der Waals surface area contributed by atoms with E-state index in [2.05, 4.69) is 69.7 Å². The molecular formula is C23H29N3O. The molecule has 0 spiro atoms. The van der Waals surface area contributed by atoms with E-state index in [1.54, 1.807) is 0 Å². The lowest BCUT2D eigenvalue weighted by molar-refractivity contribution is -0.123. The zero-order chi connectivity index (χ0) is 18.5. The van der Waals surface area contributed by atoms with Gasteiger partial charge in [0.25, 0.3) is 0 Å². The molecule has 1 saturated heterocycles. The smallest absolute Gasteiger partial charge is 0.234 e. The first kappa shape index (κ1) is 18.2. The minimum atomic E-state index is 0.177. The van der Waals surface area contributed by atoms with Gasteiger partial charge in [0, 0.05) is 38.8 Å². The Morgan fingerprint density at radius 3 is 2.37 bits per heavy atom. The second kappa shape index (κ2) is 8.68. The van der Waals surface area contributed by atoms with Crippen molar-refractivity contribution in [1.29, 1.82) is 0 Å². The number of fused-ring (bicyclic) bond motifs is 1. The molecule has 2 aliphatic rings. The molecule has 4 rings (SSSR count). The Hall–Kier alpha value is -2.17. The van der Waals surface area contributed by atoms with Gasteiger partial charge in [0.15, 0.2) is 0 Å². The summed E-state index contributed by atoms with van der Waals surface area (Å²) >= 11 is 0. The first-order chi connectivity index (χ1) is 13.3. The number of nitrogens with zero attached hydrogens (tertiary/aromatic N) is 2. The van der Waals surface area contributed by atoms with Gasteiger partial charge < -0.3 is 5.32 Å². The molecule has 4 nitrogen and oxygen atoms in total. The van der Waals surface area contributed by atoms with Crippen molar-refractivity contribution in [2.45, 2.75) is 38.4 Å². The van der Waals surface area contributed by atoms with E-state index in [-0.39, 0.29) is 5.91 Å². The summed E-state index contributed by atoms with van der Waals surface area (Å²) in [6.07, 6.45) is 3.13. The highest BCUT2D eigenvalue weighted by Gasteiger charge is 2.23. The second-order valence-electron chi connectivity index (χ2n) is 7.83. The average Bonchev–Trinajstić information content (AvgIpc) is 2.70. The Morgan fingerprint density at radius 1 is 0.889 bits per heavy atom. The van der Waals surface area contributed by atoms with Crippen LogP contribution in [0.5, 0.6) is 0 Å². The second-order valence-corrected chi connectivity index (χ2v) is 7.83. The number of carbonyl (C=O) groups excluding carboxylic acids is 1. The highest BCUT2D eigenvalue weighted by atomic mass is 16.2. The fraction of sp³-hybridized carbons (Fsp3) is 0.435. The van der Waals surface area contributed by atoms with Crippen molar-refractivity contribution in [2.24, 2.45) is 0 Å². The molecule has 4 heteroatoms. The largest absolute Gasteiger partial charge is 0.352 e. The van der Waals surface area contributed by atoms with Crippen molar-refractivity contribution >= 4 is 5.91 Å². The van der Waals surface area contributed by atoms with Crippen LogP contribution in [0.15, 0.2) is 54.6 Å². The molecule has 0 unspecified atom stereocenters. The maximum Gasteiger partial charge on any atom is 0.234 e. The molecule has 2 aromatic carbocycles. The van der Waals surface area contributed by atoms with E-state index in [4.69, 9.17) is 0 Å². The highest BCUT2D eigenvalue weighted by Crippen LogP contribution is 2.18. The molecule has 0 atom stereocenters. The number of amides is 1. The van der Waals surface area contributed by atoms with Gasteiger partial charge in [-0.15, -0.1) is 0 Å². The summed E-state index contributed by atoms with van der Waals surface area (Å²) in [5, 5.41) is 3.27. The fourth-order valence-corrected chi connectivity index (χ4v) is 4.24. The van der Waals surface area contributed by atoms with E-state index in [0.29, 0.717) is 12.6 Å². The number of nitrogens with one attached hydrogen (secondary N) is 1. The van der Waals surface area contributed by atoms with Crippen molar-refractivity contribution in [3.05, 3.63) is 71.3 Å². The van der Waals surface area contributed by atoms with Crippen LogP contribution in [0.1, 0.15) is 29.5 Å². The Morgan fingerprint density at radius 2 is 1.59 bits per heavy atom. The van der Waals surface area contributed by atoms with Crippen LogP contribution in [0.2, 0.25) is 0 Å². The molecule has 2 aliphatic heterocycles. The average molecular weight is 364 g/mol. The Labute approximate surface area is 162 Å². The number of rotatable bonds is 5. The van der Waals surface area contributed by atoms with Crippen LogP contribution >= 0.6 is 0 Å². The number of piperidine rings is 1. The first-order valence-corrected chi connectivity index (χ1v) is 10.1. The molecule has 0 bridgehead atoms. The number of hydrogen-bond acceptors (Lipinski definition) is 3. The zero-order valence-corrected chi connectivity index (χ0v) is 15.9. The number of likely N-dealkylation sites (tertiary alicyclic amines) is 1.